The van der Waals surface area contributed by atoms with Crippen molar-refractivity contribution < 1.29 is 4.52 Å². The molecule has 2 aromatic rings. The third-order valence-electron chi connectivity index (χ3n) is 2.07. The van der Waals surface area contributed by atoms with Crippen molar-refractivity contribution in [3.8, 4) is 6.07 Å². The summed E-state index contributed by atoms with van der Waals surface area (Å²) in [7, 11) is 0. The summed E-state index contributed by atoms with van der Waals surface area (Å²) in [5, 5.41) is 16.4. The van der Waals surface area contributed by atoms with Gasteiger partial charge in [-0.2, -0.15) is 10.2 Å². The second kappa shape index (κ2) is 3.97. The van der Waals surface area contributed by atoms with Gasteiger partial charge in [-0.3, -0.25) is 0 Å². The standard InChI is InChI=1S/C10H12N6O/c1-10(2,3)9-13-8(17-15-9)5-16-6-12-7(4-11)14-16/h6H,5H2,1-3H3. The summed E-state index contributed by atoms with van der Waals surface area (Å²) in [6.07, 6.45) is 1.46. The van der Waals surface area contributed by atoms with Crippen LogP contribution in [0.4, 0.5) is 0 Å². The summed E-state index contributed by atoms with van der Waals surface area (Å²) in [6, 6.07) is 1.85. The highest BCUT2D eigenvalue weighted by Crippen LogP contribution is 2.18. The fraction of sp³-hybridized carbons (Fsp3) is 0.500. The van der Waals surface area contributed by atoms with Crippen molar-refractivity contribution in [1.82, 2.24) is 24.9 Å². The molecule has 0 fully saturated rings. The summed E-state index contributed by atoms with van der Waals surface area (Å²) in [5.41, 5.74) is -0.151. The molecule has 0 atom stereocenters. The molecule has 0 bridgehead atoms. The highest BCUT2D eigenvalue weighted by molar-refractivity contribution is 5.06. The van der Waals surface area contributed by atoms with Gasteiger partial charge in [0.1, 0.15) is 18.9 Å². The first kappa shape index (κ1) is 11.3. The van der Waals surface area contributed by atoms with Crippen LogP contribution in [0.25, 0.3) is 0 Å². The normalized spacial score (nSPS) is 11.4. The molecule has 0 aliphatic heterocycles. The third-order valence-corrected chi connectivity index (χ3v) is 2.07. The van der Waals surface area contributed by atoms with E-state index in [-0.39, 0.29) is 11.2 Å². The Bertz CT molecular complexity index is 556. The molecule has 88 valence electrons. The number of rotatable bonds is 2. The van der Waals surface area contributed by atoms with Crippen LogP contribution in [0, 0.1) is 11.3 Å². The molecule has 2 aromatic heterocycles. The van der Waals surface area contributed by atoms with Crippen molar-refractivity contribution in [2.75, 3.05) is 0 Å². The highest BCUT2D eigenvalue weighted by atomic mass is 16.5. The molecule has 0 amide bonds. The van der Waals surface area contributed by atoms with Gasteiger partial charge < -0.3 is 4.52 Å². The van der Waals surface area contributed by atoms with E-state index in [4.69, 9.17) is 9.78 Å². The molecule has 0 aliphatic rings. The number of hydrogen-bond acceptors (Lipinski definition) is 6. The van der Waals surface area contributed by atoms with E-state index < -0.39 is 0 Å². The fourth-order valence-electron chi connectivity index (χ4n) is 1.18. The van der Waals surface area contributed by atoms with Gasteiger partial charge in [0.25, 0.3) is 5.82 Å². The van der Waals surface area contributed by atoms with Crippen LogP contribution >= 0.6 is 0 Å². The van der Waals surface area contributed by atoms with Gasteiger partial charge in [-0.05, 0) is 0 Å². The van der Waals surface area contributed by atoms with Crippen molar-refractivity contribution in [2.24, 2.45) is 0 Å². The van der Waals surface area contributed by atoms with Gasteiger partial charge in [0.2, 0.25) is 5.89 Å². The lowest BCUT2D eigenvalue weighted by Crippen LogP contribution is -2.13. The molecular weight excluding hydrogens is 220 g/mol. The Hall–Kier alpha value is -2.23. The zero-order valence-corrected chi connectivity index (χ0v) is 9.88. The Balaban J connectivity index is 2.15. The van der Waals surface area contributed by atoms with Crippen LogP contribution in [0.2, 0.25) is 0 Å². The SMILES string of the molecule is CC(C)(C)c1noc(Cn2cnc(C#N)n2)n1. The van der Waals surface area contributed by atoms with E-state index in [0.29, 0.717) is 18.3 Å². The molecule has 0 N–H and O–H groups in total. The number of aromatic nitrogens is 5. The van der Waals surface area contributed by atoms with Crippen LogP contribution in [0.15, 0.2) is 10.9 Å². The lowest BCUT2D eigenvalue weighted by atomic mass is 9.96. The average Bonchev–Trinajstić information content (AvgIpc) is 2.86. The molecule has 0 aliphatic carbocycles. The average molecular weight is 232 g/mol. The largest absolute Gasteiger partial charge is 0.337 e. The van der Waals surface area contributed by atoms with Crippen LogP contribution in [0.5, 0.6) is 0 Å². The van der Waals surface area contributed by atoms with E-state index in [2.05, 4.69) is 20.2 Å². The molecule has 2 rings (SSSR count). The minimum Gasteiger partial charge on any atom is -0.337 e. The van der Waals surface area contributed by atoms with Crippen molar-refractivity contribution in [3.05, 3.63) is 23.9 Å². The zero-order valence-electron chi connectivity index (χ0n) is 9.88. The third kappa shape index (κ3) is 2.47. The molecule has 2 heterocycles. The van der Waals surface area contributed by atoms with Gasteiger partial charge in [0.15, 0.2) is 5.82 Å². The predicted octanol–water partition coefficient (Wildman–Crippen LogP) is 0.879. The van der Waals surface area contributed by atoms with Crippen molar-refractivity contribution >= 4 is 0 Å². The van der Waals surface area contributed by atoms with Crippen LogP contribution < -0.4 is 0 Å². The number of nitriles is 1. The monoisotopic (exact) mass is 232 g/mol. The molecule has 7 heteroatoms. The maximum atomic E-state index is 8.59. The molecule has 0 radical (unpaired) electrons. The minimum atomic E-state index is -0.151. The molecule has 7 nitrogen and oxygen atoms in total. The molecule has 0 saturated heterocycles. The van der Waals surface area contributed by atoms with E-state index in [1.807, 2.05) is 26.8 Å². The van der Waals surface area contributed by atoms with Gasteiger partial charge in [-0.25, -0.2) is 9.67 Å². The van der Waals surface area contributed by atoms with E-state index in [0.717, 1.165) is 0 Å². The first-order valence-corrected chi connectivity index (χ1v) is 5.11. The van der Waals surface area contributed by atoms with E-state index in [1.165, 1.54) is 11.0 Å². The van der Waals surface area contributed by atoms with Gasteiger partial charge in [-0.15, -0.1) is 5.10 Å². The van der Waals surface area contributed by atoms with Crippen molar-refractivity contribution in [2.45, 2.75) is 32.7 Å². The van der Waals surface area contributed by atoms with E-state index >= 15 is 0 Å². The van der Waals surface area contributed by atoms with E-state index in [1.54, 1.807) is 0 Å². The Labute approximate surface area is 98.1 Å². The maximum absolute atomic E-state index is 8.59. The lowest BCUT2D eigenvalue weighted by molar-refractivity contribution is 0.353. The van der Waals surface area contributed by atoms with Gasteiger partial charge >= 0.3 is 0 Å². The van der Waals surface area contributed by atoms with Gasteiger partial charge in [0.05, 0.1) is 0 Å². The Morgan fingerprint density at radius 3 is 2.76 bits per heavy atom. The van der Waals surface area contributed by atoms with Crippen molar-refractivity contribution in [1.29, 1.82) is 5.26 Å². The molecule has 0 saturated carbocycles. The fourth-order valence-corrected chi connectivity index (χ4v) is 1.18. The highest BCUT2D eigenvalue weighted by Gasteiger charge is 2.21. The molecule has 0 spiro atoms. The Morgan fingerprint density at radius 1 is 1.47 bits per heavy atom. The predicted molar refractivity (Wildman–Crippen MR) is 56.8 cm³/mol. The lowest BCUT2D eigenvalue weighted by Gasteiger charge is -2.10. The summed E-state index contributed by atoms with van der Waals surface area (Å²) >= 11 is 0. The second-order valence-electron chi connectivity index (χ2n) is 4.64. The zero-order chi connectivity index (χ0) is 12.5. The quantitative estimate of drug-likeness (QED) is 0.762. The Morgan fingerprint density at radius 2 is 2.24 bits per heavy atom. The van der Waals surface area contributed by atoms with Crippen molar-refractivity contribution in [3.63, 3.8) is 0 Å². The summed E-state index contributed by atoms with van der Waals surface area (Å²) < 4.78 is 6.59. The smallest absolute Gasteiger partial charge is 0.252 e. The van der Waals surface area contributed by atoms with Crippen LogP contribution in [0.3, 0.4) is 0 Å². The first-order valence-electron chi connectivity index (χ1n) is 5.11. The topological polar surface area (TPSA) is 93.4 Å². The minimum absolute atomic E-state index is 0.126. The summed E-state index contributed by atoms with van der Waals surface area (Å²) in [6.45, 7) is 6.33. The van der Waals surface area contributed by atoms with Gasteiger partial charge in [0, 0.05) is 5.41 Å². The maximum Gasteiger partial charge on any atom is 0.252 e. The van der Waals surface area contributed by atoms with Crippen LogP contribution in [-0.2, 0) is 12.0 Å². The van der Waals surface area contributed by atoms with Gasteiger partial charge in [-0.1, -0.05) is 25.9 Å². The molecule has 0 unspecified atom stereocenters. The summed E-state index contributed by atoms with van der Waals surface area (Å²) in [5.74, 6) is 1.22. The second-order valence-corrected chi connectivity index (χ2v) is 4.64. The molecule has 17 heavy (non-hydrogen) atoms. The van der Waals surface area contributed by atoms with E-state index in [9.17, 15) is 0 Å². The number of hydrogen-bond donors (Lipinski definition) is 0. The number of nitrogens with zero attached hydrogens (tertiary/aromatic N) is 6. The molecular formula is C10H12N6O. The summed E-state index contributed by atoms with van der Waals surface area (Å²) in [4.78, 5) is 8.05. The first-order chi connectivity index (χ1) is 7.99. The van der Waals surface area contributed by atoms with Crippen LogP contribution in [0.1, 0.15) is 38.3 Å². The van der Waals surface area contributed by atoms with Crippen LogP contribution in [-0.4, -0.2) is 24.9 Å². The Kier molecular flexibility index (Phi) is 2.63. The molecule has 0 aromatic carbocycles.